The van der Waals surface area contributed by atoms with E-state index in [2.05, 4.69) is 5.32 Å². The first-order chi connectivity index (χ1) is 4.68. The Morgan fingerprint density at radius 1 is 1.80 bits per heavy atom. The number of nitrogens with one attached hydrogen (secondary N) is 1. The quantitative estimate of drug-likeness (QED) is 0.500. The summed E-state index contributed by atoms with van der Waals surface area (Å²) in [5.74, 6) is -0.382. The second kappa shape index (κ2) is 2.68. The first kappa shape index (κ1) is 7.05. The van der Waals surface area contributed by atoms with Crippen molar-refractivity contribution in [3.8, 4) is 0 Å². The summed E-state index contributed by atoms with van der Waals surface area (Å²) in [4.78, 5) is 20.9. The highest BCUT2D eigenvalue weighted by Gasteiger charge is 2.23. The second-order valence-electron chi connectivity index (χ2n) is 2.24. The van der Waals surface area contributed by atoms with Crippen LogP contribution in [-0.4, -0.2) is 24.5 Å². The first-order valence-electron chi connectivity index (χ1n) is 3.12. The molecule has 1 N–H and O–H groups in total. The van der Waals surface area contributed by atoms with E-state index in [0.29, 0.717) is 13.0 Å². The molecule has 1 atom stereocenters. The predicted octanol–water partition coefficient (Wildman–Crippen LogP) is -0.562. The van der Waals surface area contributed by atoms with Gasteiger partial charge in [-0.2, -0.15) is 0 Å². The number of esters is 1. The number of amides is 1. The van der Waals surface area contributed by atoms with Gasteiger partial charge in [-0.05, 0) is 0 Å². The molecule has 0 aromatic carbocycles. The van der Waals surface area contributed by atoms with Crippen LogP contribution in [0.3, 0.4) is 0 Å². The number of hydrogen-bond donors (Lipinski definition) is 1. The van der Waals surface area contributed by atoms with E-state index in [0.717, 1.165) is 0 Å². The lowest BCUT2D eigenvalue weighted by Gasteiger charge is -2.05. The minimum atomic E-state index is -0.332. The molecule has 1 aliphatic rings. The van der Waals surface area contributed by atoms with E-state index in [1.807, 2.05) is 0 Å². The number of carbonyl (C=O) groups is 2. The lowest BCUT2D eigenvalue weighted by molar-refractivity contribution is -0.145. The van der Waals surface area contributed by atoms with E-state index < -0.39 is 0 Å². The van der Waals surface area contributed by atoms with Crippen LogP contribution in [0.2, 0.25) is 0 Å². The van der Waals surface area contributed by atoms with Crippen LogP contribution in [0, 0.1) is 0 Å². The normalized spacial score (nSPS) is 24.1. The molecule has 0 aliphatic carbocycles. The smallest absolute Gasteiger partial charge is 0.302 e. The molecule has 10 heavy (non-hydrogen) atoms. The van der Waals surface area contributed by atoms with Crippen molar-refractivity contribution in [2.24, 2.45) is 0 Å². The van der Waals surface area contributed by atoms with Crippen molar-refractivity contribution in [1.29, 1.82) is 0 Å². The van der Waals surface area contributed by atoms with E-state index in [4.69, 9.17) is 4.74 Å². The second-order valence-corrected chi connectivity index (χ2v) is 2.24. The predicted molar refractivity (Wildman–Crippen MR) is 33.2 cm³/mol. The first-order valence-corrected chi connectivity index (χ1v) is 3.12. The van der Waals surface area contributed by atoms with Crippen molar-refractivity contribution in [1.82, 2.24) is 5.32 Å². The third kappa shape index (κ3) is 1.72. The summed E-state index contributed by atoms with van der Waals surface area (Å²) in [6.45, 7) is 1.79. The van der Waals surface area contributed by atoms with Gasteiger partial charge in [0.15, 0.2) is 0 Å². The van der Waals surface area contributed by atoms with E-state index in [9.17, 15) is 9.59 Å². The summed E-state index contributed by atoms with van der Waals surface area (Å²) in [6, 6.07) is 0. The van der Waals surface area contributed by atoms with Crippen LogP contribution in [-0.2, 0) is 14.3 Å². The molecule has 0 spiro atoms. The van der Waals surface area contributed by atoms with Gasteiger partial charge in [-0.15, -0.1) is 0 Å². The molecule has 1 heterocycles. The largest absolute Gasteiger partial charge is 0.460 e. The maximum atomic E-state index is 10.5. The Morgan fingerprint density at radius 2 is 2.50 bits per heavy atom. The van der Waals surface area contributed by atoms with Crippen molar-refractivity contribution in [3.63, 3.8) is 0 Å². The molecule has 1 fully saturated rings. The van der Waals surface area contributed by atoms with Gasteiger partial charge in [0.2, 0.25) is 5.91 Å². The summed E-state index contributed by atoms with van der Waals surface area (Å²) in [5, 5.41) is 2.56. The van der Waals surface area contributed by atoms with Crippen molar-refractivity contribution in [2.75, 3.05) is 6.54 Å². The Balaban J connectivity index is 2.31. The van der Waals surface area contributed by atoms with Gasteiger partial charge in [-0.1, -0.05) is 0 Å². The molecule has 1 amide bonds. The van der Waals surface area contributed by atoms with Crippen molar-refractivity contribution >= 4 is 11.9 Å². The van der Waals surface area contributed by atoms with E-state index >= 15 is 0 Å². The highest BCUT2D eigenvalue weighted by atomic mass is 16.5. The molecule has 4 nitrogen and oxygen atoms in total. The fourth-order valence-electron chi connectivity index (χ4n) is 0.897. The molecule has 1 aliphatic heterocycles. The minimum Gasteiger partial charge on any atom is -0.460 e. The van der Waals surface area contributed by atoms with Crippen molar-refractivity contribution in [3.05, 3.63) is 0 Å². The Morgan fingerprint density at radius 3 is 2.90 bits per heavy atom. The summed E-state index contributed by atoms with van der Waals surface area (Å²) >= 11 is 0. The monoisotopic (exact) mass is 143 g/mol. The molecule has 4 heteroatoms. The summed E-state index contributed by atoms with van der Waals surface area (Å²) in [6.07, 6.45) is 0.0598. The van der Waals surface area contributed by atoms with E-state index in [-0.39, 0.29) is 18.0 Å². The van der Waals surface area contributed by atoms with Gasteiger partial charge < -0.3 is 10.1 Å². The highest BCUT2D eigenvalue weighted by molar-refractivity contribution is 5.79. The summed E-state index contributed by atoms with van der Waals surface area (Å²) < 4.78 is 4.76. The van der Waals surface area contributed by atoms with Gasteiger partial charge in [-0.3, -0.25) is 9.59 Å². The van der Waals surface area contributed by atoms with Gasteiger partial charge in [-0.25, -0.2) is 0 Å². The molecule has 0 aromatic rings. The Bertz CT molecular complexity index is 166. The summed E-state index contributed by atoms with van der Waals surface area (Å²) in [5.41, 5.74) is 0. The topological polar surface area (TPSA) is 55.4 Å². The molecular weight excluding hydrogens is 134 g/mol. The molecule has 0 bridgehead atoms. The van der Waals surface area contributed by atoms with Crippen LogP contribution in [0.4, 0.5) is 0 Å². The minimum absolute atomic E-state index is 0.0498. The van der Waals surface area contributed by atoms with Crippen LogP contribution in [0.5, 0.6) is 0 Å². The zero-order valence-corrected chi connectivity index (χ0v) is 5.72. The molecule has 1 saturated heterocycles. The number of rotatable bonds is 1. The van der Waals surface area contributed by atoms with Crippen molar-refractivity contribution in [2.45, 2.75) is 19.4 Å². The van der Waals surface area contributed by atoms with Gasteiger partial charge >= 0.3 is 5.97 Å². The standard InChI is InChI=1S/C6H9NO3/c1-4(8)10-5-2-6(9)7-3-5/h5H,2-3H2,1H3,(H,7,9). The zero-order chi connectivity index (χ0) is 7.56. The lowest BCUT2D eigenvalue weighted by atomic mass is 10.3. The van der Waals surface area contributed by atoms with Gasteiger partial charge in [0, 0.05) is 6.92 Å². The molecule has 0 aromatic heterocycles. The van der Waals surface area contributed by atoms with E-state index in [1.165, 1.54) is 6.92 Å². The third-order valence-electron chi connectivity index (χ3n) is 1.27. The van der Waals surface area contributed by atoms with Crippen LogP contribution in [0.1, 0.15) is 13.3 Å². The molecule has 56 valence electrons. The van der Waals surface area contributed by atoms with Crippen LogP contribution in [0.25, 0.3) is 0 Å². The molecule has 1 rings (SSSR count). The Kier molecular flexibility index (Phi) is 1.89. The van der Waals surface area contributed by atoms with Crippen LogP contribution < -0.4 is 5.32 Å². The molecule has 1 unspecified atom stereocenters. The fraction of sp³-hybridized carbons (Fsp3) is 0.667. The molecule has 0 saturated carbocycles. The lowest BCUT2D eigenvalue weighted by Crippen LogP contribution is -2.19. The Labute approximate surface area is 58.5 Å². The fourth-order valence-corrected chi connectivity index (χ4v) is 0.897. The maximum absolute atomic E-state index is 10.5. The highest BCUT2D eigenvalue weighted by Crippen LogP contribution is 2.03. The van der Waals surface area contributed by atoms with E-state index in [1.54, 1.807) is 0 Å². The third-order valence-corrected chi connectivity index (χ3v) is 1.27. The number of carbonyl (C=O) groups excluding carboxylic acids is 2. The van der Waals surface area contributed by atoms with Crippen molar-refractivity contribution < 1.29 is 14.3 Å². The SMILES string of the molecule is CC(=O)OC1CNC(=O)C1. The number of ether oxygens (including phenoxy) is 1. The average molecular weight is 143 g/mol. The maximum Gasteiger partial charge on any atom is 0.302 e. The van der Waals surface area contributed by atoms with Gasteiger partial charge in [0.25, 0.3) is 0 Å². The van der Waals surface area contributed by atoms with Crippen LogP contribution in [0.15, 0.2) is 0 Å². The number of hydrogen-bond acceptors (Lipinski definition) is 3. The van der Waals surface area contributed by atoms with Gasteiger partial charge in [0.1, 0.15) is 6.10 Å². The van der Waals surface area contributed by atoms with Crippen LogP contribution >= 0.6 is 0 Å². The zero-order valence-electron chi connectivity index (χ0n) is 5.72. The molecular formula is C6H9NO3. The summed E-state index contributed by atoms with van der Waals surface area (Å²) in [7, 11) is 0. The Hall–Kier alpha value is -1.06. The van der Waals surface area contributed by atoms with Gasteiger partial charge in [0.05, 0.1) is 13.0 Å². The molecule has 0 radical (unpaired) electrons. The average Bonchev–Trinajstić information content (AvgIpc) is 2.13.